The molecule has 0 spiro atoms. The summed E-state index contributed by atoms with van der Waals surface area (Å²) in [6, 6.07) is 19.6. The lowest BCUT2D eigenvalue weighted by molar-refractivity contribution is 0.179. The number of rotatable bonds is 8. The van der Waals surface area contributed by atoms with Gasteiger partial charge in [0.05, 0.1) is 29.6 Å². The molecule has 1 aliphatic heterocycles. The fourth-order valence-electron chi connectivity index (χ4n) is 5.01. The van der Waals surface area contributed by atoms with E-state index in [-0.39, 0.29) is 17.9 Å². The van der Waals surface area contributed by atoms with E-state index in [1.165, 1.54) is 12.1 Å². The number of halogens is 1. The number of fused-ring (bicyclic) bond motifs is 2. The molecule has 0 radical (unpaired) electrons. The summed E-state index contributed by atoms with van der Waals surface area (Å²) >= 11 is 0. The molecule has 0 saturated heterocycles. The summed E-state index contributed by atoms with van der Waals surface area (Å²) in [6.07, 6.45) is 2.52. The maximum absolute atomic E-state index is 15.0. The summed E-state index contributed by atoms with van der Waals surface area (Å²) in [4.78, 5) is 23.2. The SMILES string of the molecule is COc1ccc2c(Oc3ccc(NOCc4c(-c5ccccc5C)n5n(c4=O)CCC5)cc3F)ccnc2c1. The molecule has 0 amide bonds. The second-order valence-corrected chi connectivity index (χ2v) is 9.38. The molecule has 5 aromatic rings. The summed E-state index contributed by atoms with van der Waals surface area (Å²) in [7, 11) is 1.59. The van der Waals surface area contributed by atoms with Crippen LogP contribution in [0.4, 0.5) is 10.1 Å². The van der Waals surface area contributed by atoms with Crippen LogP contribution in [0.1, 0.15) is 17.5 Å². The van der Waals surface area contributed by atoms with E-state index in [1.807, 2.05) is 41.9 Å². The van der Waals surface area contributed by atoms with Crippen molar-refractivity contribution in [3.63, 3.8) is 0 Å². The second kappa shape index (κ2) is 10.3. The van der Waals surface area contributed by atoms with Gasteiger partial charge in [-0.15, -0.1) is 0 Å². The summed E-state index contributed by atoms with van der Waals surface area (Å²) < 4.78 is 29.9. The Morgan fingerprint density at radius 3 is 2.67 bits per heavy atom. The maximum Gasteiger partial charge on any atom is 0.272 e. The number of methoxy groups -OCH3 is 1. The van der Waals surface area contributed by atoms with Crippen LogP contribution < -0.4 is 20.5 Å². The van der Waals surface area contributed by atoms with Gasteiger partial charge in [-0.3, -0.25) is 24.8 Å². The van der Waals surface area contributed by atoms with Crippen molar-refractivity contribution in [3.05, 3.63) is 100 Å². The Hall–Kier alpha value is -4.63. The maximum atomic E-state index is 15.0. The van der Waals surface area contributed by atoms with Gasteiger partial charge in [0.2, 0.25) is 0 Å². The van der Waals surface area contributed by atoms with Crippen LogP contribution >= 0.6 is 0 Å². The van der Waals surface area contributed by atoms with Crippen LogP contribution in [-0.4, -0.2) is 21.5 Å². The van der Waals surface area contributed by atoms with Gasteiger partial charge in [0.25, 0.3) is 5.56 Å². The molecule has 6 rings (SSSR count). The molecular weight excluding hydrogens is 499 g/mol. The van der Waals surface area contributed by atoms with Gasteiger partial charge in [0.15, 0.2) is 11.6 Å². The standard InChI is InChI=1S/C30H27FN4O4/c1-19-6-3-4-7-22(19)29-24(30(36)35-15-5-14-34(29)35)18-38-33-20-8-11-28(25(31)16-20)39-27-12-13-32-26-17-21(37-2)9-10-23(26)27/h3-4,6-13,16-17,33H,5,14-15,18H2,1-2H3. The first-order valence-electron chi connectivity index (χ1n) is 12.7. The summed E-state index contributed by atoms with van der Waals surface area (Å²) in [5, 5.41) is 0.735. The topological polar surface area (TPSA) is 79.5 Å². The molecule has 0 fully saturated rings. The average Bonchev–Trinajstić information content (AvgIpc) is 3.52. The lowest BCUT2D eigenvalue weighted by Crippen LogP contribution is -2.19. The molecule has 39 heavy (non-hydrogen) atoms. The zero-order valence-corrected chi connectivity index (χ0v) is 21.6. The van der Waals surface area contributed by atoms with Crippen LogP contribution in [-0.2, 0) is 24.5 Å². The molecule has 0 unspecified atom stereocenters. The van der Waals surface area contributed by atoms with Crippen LogP contribution in [0.2, 0.25) is 0 Å². The van der Waals surface area contributed by atoms with Crippen molar-refractivity contribution in [2.75, 3.05) is 12.6 Å². The van der Waals surface area contributed by atoms with Crippen molar-refractivity contribution < 1.29 is 18.7 Å². The highest BCUT2D eigenvalue weighted by atomic mass is 19.1. The number of aryl methyl sites for hydroxylation is 1. The minimum Gasteiger partial charge on any atom is -0.497 e. The Balaban J connectivity index is 1.19. The van der Waals surface area contributed by atoms with E-state index in [0.29, 0.717) is 34.8 Å². The first-order valence-corrected chi connectivity index (χ1v) is 12.7. The third-order valence-corrected chi connectivity index (χ3v) is 6.94. The Morgan fingerprint density at radius 2 is 1.85 bits per heavy atom. The minimum atomic E-state index is -0.564. The van der Waals surface area contributed by atoms with Crippen molar-refractivity contribution in [2.24, 2.45) is 0 Å². The number of pyridine rings is 1. The fourth-order valence-corrected chi connectivity index (χ4v) is 5.01. The van der Waals surface area contributed by atoms with E-state index in [0.717, 1.165) is 35.2 Å². The molecule has 3 heterocycles. The normalized spacial score (nSPS) is 12.5. The molecule has 2 aromatic heterocycles. The molecule has 1 N–H and O–H groups in total. The molecule has 1 aliphatic rings. The average molecular weight is 527 g/mol. The molecule has 9 heteroatoms. The quantitative estimate of drug-likeness (QED) is 0.248. The van der Waals surface area contributed by atoms with Crippen LogP contribution in [0.3, 0.4) is 0 Å². The smallest absolute Gasteiger partial charge is 0.272 e. The highest BCUT2D eigenvalue weighted by molar-refractivity contribution is 5.86. The van der Waals surface area contributed by atoms with Crippen LogP contribution in [0.5, 0.6) is 17.2 Å². The Labute approximate surface area is 224 Å². The number of benzene rings is 3. The van der Waals surface area contributed by atoms with Crippen molar-refractivity contribution in [1.29, 1.82) is 0 Å². The lowest BCUT2D eigenvalue weighted by Gasteiger charge is -2.13. The van der Waals surface area contributed by atoms with Crippen LogP contribution in [0.15, 0.2) is 77.7 Å². The monoisotopic (exact) mass is 526 g/mol. The summed E-state index contributed by atoms with van der Waals surface area (Å²) in [5.74, 6) is 0.648. The third kappa shape index (κ3) is 4.61. The van der Waals surface area contributed by atoms with Crippen LogP contribution in [0.25, 0.3) is 22.2 Å². The molecule has 0 aliphatic carbocycles. The molecular formula is C30H27FN4O4. The number of anilines is 1. The van der Waals surface area contributed by atoms with Gasteiger partial charge in [0.1, 0.15) is 18.1 Å². The van der Waals surface area contributed by atoms with Crippen molar-refractivity contribution >= 4 is 16.6 Å². The highest BCUT2D eigenvalue weighted by Gasteiger charge is 2.25. The number of hydrogen-bond acceptors (Lipinski definition) is 6. The van der Waals surface area contributed by atoms with Gasteiger partial charge in [-0.05, 0) is 49.2 Å². The predicted octanol–water partition coefficient (Wildman–Crippen LogP) is 6.06. The Kier molecular flexibility index (Phi) is 6.50. The number of ether oxygens (including phenoxy) is 2. The Bertz CT molecular complexity index is 1740. The predicted molar refractivity (Wildman–Crippen MR) is 147 cm³/mol. The van der Waals surface area contributed by atoms with E-state index in [4.69, 9.17) is 14.3 Å². The van der Waals surface area contributed by atoms with Gasteiger partial charge in [-0.1, -0.05) is 24.3 Å². The Morgan fingerprint density at radius 1 is 1.00 bits per heavy atom. The fraction of sp³-hybridized carbons (Fsp3) is 0.200. The number of nitrogens with zero attached hydrogens (tertiary/aromatic N) is 3. The molecule has 198 valence electrons. The van der Waals surface area contributed by atoms with Gasteiger partial charge in [0, 0.05) is 42.4 Å². The number of hydrogen-bond donors (Lipinski definition) is 1. The first kappa shape index (κ1) is 24.7. The summed E-state index contributed by atoms with van der Waals surface area (Å²) in [5.41, 5.74) is 7.31. The van der Waals surface area contributed by atoms with Gasteiger partial charge >= 0.3 is 0 Å². The zero-order chi connectivity index (χ0) is 26.9. The molecule has 3 aromatic carbocycles. The van der Waals surface area contributed by atoms with E-state index < -0.39 is 5.82 Å². The number of aromatic nitrogens is 3. The van der Waals surface area contributed by atoms with E-state index in [1.54, 1.807) is 42.3 Å². The first-order chi connectivity index (χ1) is 19.0. The largest absolute Gasteiger partial charge is 0.497 e. The van der Waals surface area contributed by atoms with Crippen LogP contribution in [0, 0.1) is 12.7 Å². The molecule has 0 bridgehead atoms. The van der Waals surface area contributed by atoms with E-state index in [9.17, 15) is 9.18 Å². The lowest BCUT2D eigenvalue weighted by atomic mass is 10.0. The highest BCUT2D eigenvalue weighted by Crippen LogP contribution is 2.33. The van der Waals surface area contributed by atoms with E-state index in [2.05, 4.69) is 10.5 Å². The molecule has 0 saturated carbocycles. The zero-order valence-electron chi connectivity index (χ0n) is 21.6. The van der Waals surface area contributed by atoms with E-state index >= 15 is 0 Å². The number of nitrogens with one attached hydrogen (secondary N) is 1. The van der Waals surface area contributed by atoms with Gasteiger partial charge in [-0.25, -0.2) is 9.07 Å². The minimum absolute atomic E-state index is 0.0296. The van der Waals surface area contributed by atoms with Gasteiger partial charge in [-0.2, -0.15) is 0 Å². The van der Waals surface area contributed by atoms with Gasteiger partial charge < -0.3 is 9.47 Å². The van der Waals surface area contributed by atoms with Crippen molar-refractivity contribution in [3.8, 4) is 28.5 Å². The second-order valence-electron chi connectivity index (χ2n) is 9.38. The van der Waals surface area contributed by atoms with Crippen molar-refractivity contribution in [1.82, 2.24) is 14.3 Å². The molecule has 8 nitrogen and oxygen atoms in total. The van der Waals surface area contributed by atoms with Crippen molar-refractivity contribution in [2.45, 2.75) is 33.0 Å². The summed E-state index contributed by atoms with van der Waals surface area (Å²) in [6.45, 7) is 3.51. The third-order valence-electron chi connectivity index (χ3n) is 6.94. The molecule has 0 atom stereocenters.